The first-order chi connectivity index (χ1) is 9.92. The molecular formula is C17H26N2O. The third kappa shape index (κ3) is 4.22. The van der Waals surface area contributed by atoms with E-state index in [1.165, 1.54) is 42.5 Å². The van der Waals surface area contributed by atoms with E-state index in [1.807, 2.05) is 0 Å². The number of nitrogens with one attached hydrogen (secondary N) is 2. The Morgan fingerprint density at radius 1 is 1.30 bits per heavy atom. The van der Waals surface area contributed by atoms with Crippen LogP contribution < -0.4 is 10.6 Å². The second-order valence-corrected chi connectivity index (χ2v) is 6.07. The highest BCUT2D eigenvalue weighted by molar-refractivity contribution is 5.54. The van der Waals surface area contributed by atoms with E-state index in [0.717, 1.165) is 45.2 Å². The molecule has 2 aliphatic rings. The summed E-state index contributed by atoms with van der Waals surface area (Å²) >= 11 is 0. The second kappa shape index (κ2) is 7.09. The number of fused-ring (bicyclic) bond motifs is 1. The molecule has 3 rings (SSSR count). The molecule has 1 aliphatic heterocycles. The summed E-state index contributed by atoms with van der Waals surface area (Å²) in [6, 6.07) is 6.80. The van der Waals surface area contributed by atoms with Gasteiger partial charge in [-0.1, -0.05) is 12.1 Å². The maximum Gasteiger partial charge on any atom is 0.0494 e. The molecule has 3 nitrogen and oxygen atoms in total. The van der Waals surface area contributed by atoms with Crippen LogP contribution in [0.2, 0.25) is 0 Å². The Kier molecular flexibility index (Phi) is 4.93. The van der Waals surface area contributed by atoms with Crippen LogP contribution in [0.1, 0.15) is 36.8 Å². The molecule has 0 radical (unpaired) electrons. The number of anilines is 1. The molecule has 1 aliphatic carbocycles. The van der Waals surface area contributed by atoms with Crippen LogP contribution >= 0.6 is 0 Å². The molecule has 0 spiro atoms. The summed E-state index contributed by atoms with van der Waals surface area (Å²) in [5.74, 6) is 0.882. The summed E-state index contributed by atoms with van der Waals surface area (Å²) in [7, 11) is 0. The monoisotopic (exact) mass is 274 g/mol. The fourth-order valence-corrected chi connectivity index (χ4v) is 2.70. The smallest absolute Gasteiger partial charge is 0.0494 e. The zero-order valence-electron chi connectivity index (χ0n) is 12.3. The van der Waals surface area contributed by atoms with Gasteiger partial charge in [0, 0.05) is 32.0 Å². The van der Waals surface area contributed by atoms with E-state index in [2.05, 4.69) is 28.8 Å². The Balaban J connectivity index is 1.31. The SMILES string of the molecule is c1cc2c(cc1CNCCCOCC1CC1)CCCN2. The van der Waals surface area contributed by atoms with Crippen LogP contribution in [0.4, 0.5) is 5.69 Å². The van der Waals surface area contributed by atoms with Crippen molar-refractivity contribution < 1.29 is 4.74 Å². The van der Waals surface area contributed by atoms with Gasteiger partial charge in [0.25, 0.3) is 0 Å². The molecule has 0 aromatic heterocycles. The molecule has 1 fully saturated rings. The van der Waals surface area contributed by atoms with Crippen molar-refractivity contribution in [3.05, 3.63) is 29.3 Å². The molecule has 1 aromatic rings. The fourth-order valence-electron chi connectivity index (χ4n) is 2.70. The van der Waals surface area contributed by atoms with Gasteiger partial charge in [-0.3, -0.25) is 0 Å². The van der Waals surface area contributed by atoms with Crippen molar-refractivity contribution in [3.63, 3.8) is 0 Å². The number of ether oxygens (including phenoxy) is 1. The van der Waals surface area contributed by atoms with Crippen LogP contribution in [0, 0.1) is 5.92 Å². The number of benzene rings is 1. The molecule has 0 saturated heterocycles. The van der Waals surface area contributed by atoms with Crippen molar-refractivity contribution in [3.8, 4) is 0 Å². The summed E-state index contributed by atoms with van der Waals surface area (Å²) < 4.78 is 5.64. The van der Waals surface area contributed by atoms with Gasteiger partial charge in [0.1, 0.15) is 0 Å². The second-order valence-electron chi connectivity index (χ2n) is 6.07. The normalized spacial score (nSPS) is 17.6. The minimum absolute atomic E-state index is 0.882. The molecular weight excluding hydrogens is 248 g/mol. The van der Waals surface area contributed by atoms with Gasteiger partial charge >= 0.3 is 0 Å². The minimum atomic E-state index is 0.882. The third-order valence-corrected chi connectivity index (χ3v) is 4.13. The molecule has 3 heteroatoms. The van der Waals surface area contributed by atoms with Gasteiger partial charge < -0.3 is 15.4 Å². The van der Waals surface area contributed by atoms with Gasteiger partial charge in [-0.05, 0) is 61.8 Å². The van der Waals surface area contributed by atoms with Crippen molar-refractivity contribution in [2.45, 2.75) is 38.6 Å². The average molecular weight is 274 g/mol. The van der Waals surface area contributed by atoms with E-state index >= 15 is 0 Å². The molecule has 1 aromatic carbocycles. The van der Waals surface area contributed by atoms with Gasteiger partial charge in [-0.15, -0.1) is 0 Å². The van der Waals surface area contributed by atoms with Crippen LogP contribution in [-0.4, -0.2) is 26.3 Å². The molecule has 20 heavy (non-hydrogen) atoms. The first-order valence-corrected chi connectivity index (χ1v) is 8.06. The first-order valence-electron chi connectivity index (χ1n) is 8.06. The van der Waals surface area contributed by atoms with Crippen molar-refractivity contribution in [2.75, 3.05) is 31.6 Å². The molecule has 0 atom stereocenters. The summed E-state index contributed by atoms with van der Waals surface area (Å²) in [5, 5.41) is 6.97. The lowest BCUT2D eigenvalue weighted by Crippen LogP contribution is -2.17. The van der Waals surface area contributed by atoms with Crippen LogP contribution in [0.15, 0.2) is 18.2 Å². The first kappa shape index (κ1) is 13.9. The number of rotatable bonds is 8. The summed E-state index contributed by atoms with van der Waals surface area (Å²) in [6.45, 7) is 5.01. The van der Waals surface area contributed by atoms with E-state index in [0.29, 0.717) is 0 Å². The number of hydrogen-bond acceptors (Lipinski definition) is 3. The lowest BCUT2D eigenvalue weighted by molar-refractivity contribution is 0.122. The molecule has 0 amide bonds. The van der Waals surface area contributed by atoms with E-state index in [9.17, 15) is 0 Å². The lowest BCUT2D eigenvalue weighted by atomic mass is 10.0. The maximum atomic E-state index is 5.64. The van der Waals surface area contributed by atoms with E-state index in [-0.39, 0.29) is 0 Å². The fraction of sp³-hybridized carbons (Fsp3) is 0.647. The molecule has 1 saturated carbocycles. The van der Waals surface area contributed by atoms with Crippen molar-refractivity contribution in [1.82, 2.24) is 5.32 Å². The number of aryl methyl sites for hydroxylation is 1. The Morgan fingerprint density at radius 2 is 2.25 bits per heavy atom. The highest BCUT2D eigenvalue weighted by Crippen LogP contribution is 2.28. The highest BCUT2D eigenvalue weighted by atomic mass is 16.5. The van der Waals surface area contributed by atoms with Crippen molar-refractivity contribution in [2.24, 2.45) is 5.92 Å². The molecule has 1 heterocycles. The van der Waals surface area contributed by atoms with Gasteiger partial charge in [-0.25, -0.2) is 0 Å². The highest BCUT2D eigenvalue weighted by Gasteiger charge is 2.20. The summed E-state index contributed by atoms with van der Waals surface area (Å²) in [5.41, 5.74) is 4.20. The van der Waals surface area contributed by atoms with E-state index in [1.54, 1.807) is 0 Å². The van der Waals surface area contributed by atoms with Gasteiger partial charge in [0.2, 0.25) is 0 Å². The summed E-state index contributed by atoms with van der Waals surface area (Å²) in [6.07, 6.45) is 6.34. The Morgan fingerprint density at radius 3 is 3.15 bits per heavy atom. The lowest BCUT2D eigenvalue weighted by Gasteiger charge is -2.18. The Hall–Kier alpha value is -1.06. The van der Waals surface area contributed by atoms with E-state index < -0.39 is 0 Å². The van der Waals surface area contributed by atoms with Gasteiger partial charge in [0.05, 0.1) is 0 Å². The zero-order valence-corrected chi connectivity index (χ0v) is 12.3. The van der Waals surface area contributed by atoms with Crippen LogP contribution in [0.5, 0.6) is 0 Å². The topological polar surface area (TPSA) is 33.3 Å². The van der Waals surface area contributed by atoms with Gasteiger partial charge in [-0.2, -0.15) is 0 Å². The minimum Gasteiger partial charge on any atom is -0.385 e. The number of hydrogen-bond donors (Lipinski definition) is 2. The van der Waals surface area contributed by atoms with Gasteiger partial charge in [0.15, 0.2) is 0 Å². The Bertz CT molecular complexity index is 429. The molecule has 2 N–H and O–H groups in total. The maximum absolute atomic E-state index is 5.64. The third-order valence-electron chi connectivity index (χ3n) is 4.13. The standard InChI is InChI=1S/C17H26N2O/c1-3-16-11-15(6-7-17(16)19-9-1)12-18-8-2-10-20-13-14-4-5-14/h6-7,11,14,18-19H,1-5,8-10,12-13H2. The Labute approximate surface area is 122 Å². The molecule has 0 unspecified atom stereocenters. The molecule has 0 bridgehead atoms. The van der Waals surface area contributed by atoms with Crippen LogP contribution in [0.25, 0.3) is 0 Å². The quantitative estimate of drug-likeness (QED) is 0.715. The average Bonchev–Trinajstić information content (AvgIpc) is 3.30. The van der Waals surface area contributed by atoms with Crippen LogP contribution in [0.3, 0.4) is 0 Å². The van der Waals surface area contributed by atoms with Crippen LogP contribution in [-0.2, 0) is 17.7 Å². The predicted molar refractivity (Wildman–Crippen MR) is 83.1 cm³/mol. The van der Waals surface area contributed by atoms with Crippen molar-refractivity contribution >= 4 is 5.69 Å². The zero-order chi connectivity index (χ0) is 13.6. The van der Waals surface area contributed by atoms with E-state index in [4.69, 9.17) is 4.74 Å². The summed E-state index contributed by atoms with van der Waals surface area (Å²) in [4.78, 5) is 0. The predicted octanol–water partition coefficient (Wildman–Crippen LogP) is 2.95. The molecule has 110 valence electrons. The van der Waals surface area contributed by atoms with Crippen molar-refractivity contribution in [1.29, 1.82) is 0 Å². The largest absolute Gasteiger partial charge is 0.385 e.